The average Bonchev–Trinajstić information content (AvgIpc) is 3.10. The highest BCUT2D eigenvalue weighted by molar-refractivity contribution is 5.81. The molecule has 0 spiro atoms. The Balaban J connectivity index is 2.15. The van der Waals surface area contributed by atoms with E-state index in [0.29, 0.717) is 18.4 Å². The van der Waals surface area contributed by atoms with Gasteiger partial charge in [0.1, 0.15) is 17.2 Å². The Morgan fingerprint density at radius 2 is 1.81 bits per heavy atom. The lowest BCUT2D eigenvalue weighted by Gasteiger charge is -2.30. The number of halogens is 2. The minimum absolute atomic E-state index is 0.121. The minimum atomic E-state index is -0.815. The highest BCUT2D eigenvalue weighted by Crippen LogP contribution is 2.31. The van der Waals surface area contributed by atoms with E-state index in [0.717, 1.165) is 18.9 Å². The number of carbonyl (C=O) groups is 2. The molecule has 1 saturated carbocycles. The molecule has 1 aliphatic carbocycles. The largest absolute Gasteiger partial charge is 0.468 e. The molecule has 1 fully saturated rings. The molecule has 2 rings (SSSR count). The molecular formula is C19H26F2N2O4. The van der Waals surface area contributed by atoms with E-state index in [-0.39, 0.29) is 25.7 Å². The van der Waals surface area contributed by atoms with Gasteiger partial charge in [0.05, 0.1) is 20.3 Å². The van der Waals surface area contributed by atoms with Crippen LogP contribution in [0.25, 0.3) is 0 Å². The van der Waals surface area contributed by atoms with Crippen molar-refractivity contribution in [1.82, 2.24) is 10.6 Å². The predicted octanol–water partition coefficient (Wildman–Crippen LogP) is 2.23. The third-order valence-corrected chi connectivity index (χ3v) is 4.76. The van der Waals surface area contributed by atoms with Gasteiger partial charge in [-0.05, 0) is 37.5 Å². The topological polar surface area (TPSA) is 76.7 Å². The van der Waals surface area contributed by atoms with Gasteiger partial charge in [0.25, 0.3) is 0 Å². The van der Waals surface area contributed by atoms with Crippen molar-refractivity contribution in [1.29, 1.82) is 0 Å². The van der Waals surface area contributed by atoms with Crippen molar-refractivity contribution in [2.45, 2.75) is 44.2 Å². The molecule has 0 heterocycles. The Bertz CT molecular complexity index is 643. The van der Waals surface area contributed by atoms with E-state index < -0.39 is 29.2 Å². The Kier molecular flexibility index (Phi) is 7.67. The Labute approximate surface area is 157 Å². The number of methoxy groups -OCH3 is 1. The summed E-state index contributed by atoms with van der Waals surface area (Å²) in [5, 5.41) is 6.16. The van der Waals surface area contributed by atoms with E-state index in [1.807, 2.05) is 0 Å². The van der Waals surface area contributed by atoms with Crippen molar-refractivity contribution in [3.63, 3.8) is 0 Å². The van der Waals surface area contributed by atoms with Gasteiger partial charge in [0, 0.05) is 18.7 Å². The lowest BCUT2D eigenvalue weighted by molar-refractivity contribution is -0.148. The second-order valence-corrected chi connectivity index (χ2v) is 6.60. The van der Waals surface area contributed by atoms with E-state index in [4.69, 9.17) is 9.47 Å². The van der Waals surface area contributed by atoms with E-state index in [1.165, 1.54) is 19.2 Å². The van der Waals surface area contributed by atoms with Crippen LogP contribution in [-0.4, -0.2) is 44.3 Å². The summed E-state index contributed by atoms with van der Waals surface area (Å²) in [6.07, 6.45) is 3.03. The number of benzene rings is 1. The van der Waals surface area contributed by atoms with Gasteiger partial charge < -0.3 is 9.47 Å². The van der Waals surface area contributed by atoms with Gasteiger partial charge in [-0.1, -0.05) is 12.8 Å². The maximum Gasteiger partial charge on any atom is 0.326 e. The molecule has 0 aliphatic heterocycles. The normalized spacial score (nSPS) is 16.7. The average molecular weight is 384 g/mol. The van der Waals surface area contributed by atoms with Crippen LogP contribution in [0.5, 0.6) is 0 Å². The maximum atomic E-state index is 13.7. The van der Waals surface area contributed by atoms with E-state index in [2.05, 4.69) is 10.6 Å². The summed E-state index contributed by atoms with van der Waals surface area (Å²) >= 11 is 0. The first-order valence-electron chi connectivity index (χ1n) is 9.08. The van der Waals surface area contributed by atoms with Crippen LogP contribution >= 0.6 is 0 Å². The van der Waals surface area contributed by atoms with Gasteiger partial charge in [0.15, 0.2) is 0 Å². The van der Waals surface area contributed by atoms with Crippen molar-refractivity contribution < 1.29 is 27.8 Å². The summed E-state index contributed by atoms with van der Waals surface area (Å²) in [6, 6.07) is 2.59. The molecule has 1 unspecified atom stereocenters. The number of carbonyl (C=O) groups excluding carboxylic acids is 2. The highest BCUT2D eigenvalue weighted by atomic mass is 19.1. The number of rotatable bonds is 9. The van der Waals surface area contributed by atoms with Crippen LogP contribution in [0.1, 0.15) is 44.2 Å². The second kappa shape index (κ2) is 9.75. The fourth-order valence-corrected chi connectivity index (χ4v) is 3.43. The number of ether oxygens (including phenoxy) is 2. The monoisotopic (exact) mass is 384 g/mol. The zero-order valence-corrected chi connectivity index (χ0v) is 15.6. The Hall–Kier alpha value is -2.06. The SMILES string of the molecule is CCOC(=O)CNC(CNC1(C(=O)OC)CCCC1)c1cc(F)cc(F)c1. The van der Waals surface area contributed by atoms with Crippen LogP contribution in [0.3, 0.4) is 0 Å². The number of nitrogens with one attached hydrogen (secondary N) is 2. The number of hydrogen-bond donors (Lipinski definition) is 2. The minimum Gasteiger partial charge on any atom is -0.468 e. The van der Waals surface area contributed by atoms with Crippen molar-refractivity contribution in [3.8, 4) is 0 Å². The smallest absolute Gasteiger partial charge is 0.326 e. The molecule has 1 aliphatic rings. The predicted molar refractivity (Wildman–Crippen MR) is 95.0 cm³/mol. The quantitative estimate of drug-likeness (QED) is 0.636. The summed E-state index contributed by atoms with van der Waals surface area (Å²) < 4.78 is 37.1. The Morgan fingerprint density at radius 3 is 2.37 bits per heavy atom. The van der Waals surface area contributed by atoms with E-state index in [1.54, 1.807) is 6.92 Å². The van der Waals surface area contributed by atoms with Crippen molar-refractivity contribution in [2.24, 2.45) is 0 Å². The lowest BCUT2D eigenvalue weighted by atomic mass is 9.96. The summed E-state index contributed by atoms with van der Waals surface area (Å²) in [6.45, 7) is 2.00. The van der Waals surface area contributed by atoms with Crippen LogP contribution in [0.2, 0.25) is 0 Å². The zero-order chi connectivity index (χ0) is 19.9. The molecule has 0 saturated heterocycles. The first-order chi connectivity index (χ1) is 12.9. The molecule has 1 atom stereocenters. The third-order valence-electron chi connectivity index (χ3n) is 4.76. The maximum absolute atomic E-state index is 13.7. The first-order valence-corrected chi connectivity index (χ1v) is 9.08. The molecule has 150 valence electrons. The summed E-state index contributed by atoms with van der Waals surface area (Å²) in [7, 11) is 1.34. The molecule has 27 heavy (non-hydrogen) atoms. The summed E-state index contributed by atoms with van der Waals surface area (Å²) in [5.41, 5.74) is -0.480. The molecule has 0 bridgehead atoms. The van der Waals surface area contributed by atoms with Crippen LogP contribution in [0, 0.1) is 11.6 Å². The Morgan fingerprint density at radius 1 is 1.19 bits per heavy atom. The number of esters is 2. The molecule has 2 N–H and O–H groups in total. The molecule has 6 nitrogen and oxygen atoms in total. The summed E-state index contributed by atoms with van der Waals surface area (Å²) in [5.74, 6) is -2.24. The van der Waals surface area contributed by atoms with Crippen LogP contribution < -0.4 is 10.6 Å². The van der Waals surface area contributed by atoms with Crippen LogP contribution in [0.15, 0.2) is 18.2 Å². The van der Waals surface area contributed by atoms with Gasteiger partial charge in [-0.3, -0.25) is 20.2 Å². The molecule has 0 radical (unpaired) electrons. The fourth-order valence-electron chi connectivity index (χ4n) is 3.43. The lowest BCUT2D eigenvalue weighted by Crippen LogP contribution is -2.53. The standard InChI is InChI=1S/C19H26F2N2O4/c1-3-27-17(24)12-22-16(13-8-14(20)10-15(21)9-13)11-23-19(18(25)26-2)6-4-5-7-19/h8-10,16,22-23H,3-7,11-12H2,1-2H3. The van der Waals surface area contributed by atoms with E-state index in [9.17, 15) is 18.4 Å². The molecule has 0 aromatic heterocycles. The van der Waals surface area contributed by atoms with Gasteiger partial charge in [-0.2, -0.15) is 0 Å². The van der Waals surface area contributed by atoms with Crippen molar-refractivity contribution in [2.75, 3.05) is 26.8 Å². The number of hydrogen-bond acceptors (Lipinski definition) is 6. The van der Waals surface area contributed by atoms with Gasteiger partial charge >= 0.3 is 11.9 Å². The molecule has 8 heteroatoms. The molecule has 1 aromatic rings. The molecule has 1 aromatic carbocycles. The second-order valence-electron chi connectivity index (χ2n) is 6.60. The summed E-state index contributed by atoms with van der Waals surface area (Å²) in [4.78, 5) is 23.9. The highest BCUT2D eigenvalue weighted by Gasteiger charge is 2.42. The first kappa shape index (κ1) is 21.2. The molecule has 0 amide bonds. The van der Waals surface area contributed by atoms with Gasteiger partial charge in [-0.25, -0.2) is 8.78 Å². The van der Waals surface area contributed by atoms with E-state index >= 15 is 0 Å². The van der Waals surface area contributed by atoms with Gasteiger partial charge in [-0.15, -0.1) is 0 Å². The van der Waals surface area contributed by atoms with Crippen LogP contribution in [0.4, 0.5) is 8.78 Å². The van der Waals surface area contributed by atoms with Crippen LogP contribution in [-0.2, 0) is 19.1 Å². The van der Waals surface area contributed by atoms with Gasteiger partial charge in [0.2, 0.25) is 0 Å². The zero-order valence-electron chi connectivity index (χ0n) is 15.6. The third kappa shape index (κ3) is 5.71. The fraction of sp³-hybridized carbons (Fsp3) is 0.579. The van der Waals surface area contributed by atoms with Crippen molar-refractivity contribution in [3.05, 3.63) is 35.4 Å². The van der Waals surface area contributed by atoms with Crippen molar-refractivity contribution >= 4 is 11.9 Å². The molecular weight excluding hydrogens is 358 g/mol.